The van der Waals surface area contributed by atoms with Crippen LogP contribution in [0.1, 0.15) is 198 Å². The first-order valence-corrected chi connectivity index (χ1v) is 24.0. The lowest BCUT2D eigenvalue weighted by Crippen LogP contribution is -2.47. The molecule has 0 unspecified atom stereocenters. The minimum Gasteiger partial charge on any atom is -0.507 e. The van der Waals surface area contributed by atoms with E-state index >= 15 is 0 Å². The second-order valence-corrected chi connectivity index (χ2v) is 25.0. The molecular formula is C58H79NO9. The molecule has 4 aromatic carbocycles. The predicted octanol–water partition coefficient (Wildman–Crippen LogP) is 11.6. The number of carbonyl (C=O) groups is 3. The highest BCUT2D eigenvalue weighted by Gasteiger charge is 2.33. The van der Waals surface area contributed by atoms with Gasteiger partial charge in [0.15, 0.2) is 6.61 Å². The molecule has 0 aliphatic heterocycles. The normalized spacial score (nSPS) is 14.2. The fourth-order valence-electron chi connectivity index (χ4n) is 8.33. The van der Waals surface area contributed by atoms with Crippen LogP contribution >= 0.6 is 0 Å². The number of benzene rings is 4. The molecule has 4 N–H and O–H groups in total. The maximum atomic E-state index is 14.1. The SMILES string of the molecule is CC(C)(C)OC(=O)C[C@H](NC(=O)COc1c2cc(C(C)(C)C)cc1Cc1cc(C(C)(C)C)cc(c1O)Cc1cc(C(C)(C)C)cc(c1O)Cc1cc(C(C)(C)C)cc(c1O)C2)C(=O)OC(C)(C)C. The van der Waals surface area contributed by atoms with Crippen molar-refractivity contribution >= 4 is 17.8 Å². The van der Waals surface area contributed by atoms with Crippen molar-refractivity contribution in [2.24, 2.45) is 0 Å². The standard InChI is InChI=1S/C58H79NO9/c1-53(2,3)41-23-33-19-35-25-42(54(4,5)6)27-37(49(35)63)21-39-29-44(56(10,11)12)30-40(22-38-28-43(55(7,8)9)26-36(50(38)64)20-34(24-41)48(33)62)51(39)66-32-46(60)59-45(52(65)68-58(16,17)18)31-47(61)67-57(13,14)15/h23-30,45,62-64H,19-22,31-32H2,1-18H3,(H,59,60)/t45-/m0/s1. The Kier molecular flexibility index (Phi) is 15.0. The molecule has 0 spiro atoms. The van der Waals surface area contributed by atoms with Gasteiger partial charge >= 0.3 is 11.9 Å². The molecule has 10 nitrogen and oxygen atoms in total. The van der Waals surface area contributed by atoms with Crippen LogP contribution in [0.2, 0.25) is 0 Å². The summed E-state index contributed by atoms with van der Waals surface area (Å²) in [5.41, 5.74) is 6.34. The molecule has 0 saturated heterocycles. The van der Waals surface area contributed by atoms with Crippen molar-refractivity contribution in [1.29, 1.82) is 0 Å². The highest BCUT2D eigenvalue weighted by Crippen LogP contribution is 2.43. The minimum atomic E-state index is -1.36. The van der Waals surface area contributed by atoms with Gasteiger partial charge in [0.05, 0.1) is 6.42 Å². The van der Waals surface area contributed by atoms with Crippen LogP contribution in [-0.4, -0.2) is 57.0 Å². The maximum Gasteiger partial charge on any atom is 0.329 e. The second kappa shape index (κ2) is 19.1. The summed E-state index contributed by atoms with van der Waals surface area (Å²) in [6.45, 7) is 35.3. The highest BCUT2D eigenvalue weighted by atomic mass is 16.6. The first kappa shape index (κ1) is 53.4. The van der Waals surface area contributed by atoms with E-state index in [4.69, 9.17) is 14.2 Å². The molecule has 10 heteroatoms. The van der Waals surface area contributed by atoms with Gasteiger partial charge in [-0.2, -0.15) is 0 Å². The molecule has 370 valence electrons. The summed E-state index contributed by atoms with van der Waals surface area (Å²) < 4.78 is 17.8. The molecule has 1 aliphatic carbocycles. The molecule has 0 radical (unpaired) electrons. The van der Waals surface area contributed by atoms with Gasteiger partial charge in [0.2, 0.25) is 0 Å². The van der Waals surface area contributed by atoms with E-state index < -0.39 is 48.1 Å². The molecule has 0 heterocycles. The van der Waals surface area contributed by atoms with E-state index in [1.54, 1.807) is 41.5 Å². The van der Waals surface area contributed by atoms with Gasteiger partial charge < -0.3 is 34.8 Å². The fraction of sp³-hybridized carbons (Fsp3) is 0.534. The van der Waals surface area contributed by atoms with Crippen LogP contribution < -0.4 is 10.1 Å². The number of fused-ring (bicyclic) bond motifs is 8. The summed E-state index contributed by atoms with van der Waals surface area (Å²) in [5, 5.41) is 39.6. The van der Waals surface area contributed by atoms with Gasteiger partial charge in [0.25, 0.3) is 5.91 Å². The van der Waals surface area contributed by atoms with Crippen molar-refractivity contribution in [1.82, 2.24) is 5.32 Å². The first-order chi connectivity index (χ1) is 30.9. The number of nitrogens with one attached hydrogen (secondary N) is 1. The summed E-state index contributed by atoms with van der Waals surface area (Å²) in [5.74, 6) is -1.42. The van der Waals surface area contributed by atoms with Gasteiger partial charge in [-0.3, -0.25) is 9.59 Å². The Morgan fingerprint density at radius 2 is 0.750 bits per heavy atom. The predicted molar refractivity (Wildman–Crippen MR) is 271 cm³/mol. The summed E-state index contributed by atoms with van der Waals surface area (Å²) >= 11 is 0. The number of esters is 2. The molecule has 1 aliphatic rings. The second-order valence-electron chi connectivity index (χ2n) is 25.0. The zero-order chi connectivity index (χ0) is 51.3. The topological polar surface area (TPSA) is 152 Å². The van der Waals surface area contributed by atoms with E-state index in [-0.39, 0.29) is 64.6 Å². The molecule has 0 aromatic heterocycles. The van der Waals surface area contributed by atoms with E-state index in [1.807, 2.05) is 36.4 Å². The third-order valence-electron chi connectivity index (χ3n) is 12.2. The third-order valence-corrected chi connectivity index (χ3v) is 12.2. The maximum absolute atomic E-state index is 14.1. The van der Waals surface area contributed by atoms with Gasteiger partial charge in [-0.05, 0) is 130 Å². The largest absolute Gasteiger partial charge is 0.507 e. The van der Waals surface area contributed by atoms with Gasteiger partial charge in [0.1, 0.15) is 40.2 Å². The van der Waals surface area contributed by atoms with Crippen molar-refractivity contribution in [3.05, 3.63) is 115 Å². The van der Waals surface area contributed by atoms with Crippen LogP contribution in [0.25, 0.3) is 0 Å². The highest BCUT2D eigenvalue weighted by molar-refractivity contribution is 5.89. The smallest absolute Gasteiger partial charge is 0.329 e. The number of phenolic OH excluding ortho intramolecular Hbond substituents is 3. The number of rotatable bonds is 7. The minimum absolute atomic E-state index is 0.0960. The number of hydrogen-bond donors (Lipinski definition) is 4. The van der Waals surface area contributed by atoms with E-state index in [1.165, 1.54) is 0 Å². The Morgan fingerprint density at radius 3 is 1.03 bits per heavy atom. The number of amides is 1. The average molecular weight is 934 g/mol. The van der Waals surface area contributed by atoms with Gasteiger partial charge in [0, 0.05) is 25.7 Å². The van der Waals surface area contributed by atoms with Crippen molar-refractivity contribution in [3.8, 4) is 23.0 Å². The Balaban J connectivity index is 1.78. The van der Waals surface area contributed by atoms with E-state index in [9.17, 15) is 29.7 Å². The van der Waals surface area contributed by atoms with E-state index in [2.05, 4.69) is 101 Å². The summed E-state index contributed by atoms with van der Waals surface area (Å²) in [6.07, 6.45) is 0.432. The van der Waals surface area contributed by atoms with E-state index in [0.717, 1.165) is 22.3 Å². The first-order valence-electron chi connectivity index (χ1n) is 24.0. The quantitative estimate of drug-likeness (QED) is 0.117. The average Bonchev–Trinajstić information content (AvgIpc) is 3.15. The molecule has 1 amide bonds. The molecular weight excluding hydrogens is 855 g/mol. The van der Waals surface area contributed by atoms with Crippen LogP contribution in [-0.2, 0) is 71.2 Å². The molecule has 68 heavy (non-hydrogen) atoms. The molecule has 4 aromatic rings. The molecule has 5 rings (SSSR count). The Morgan fingerprint density at radius 1 is 0.471 bits per heavy atom. The Hall–Kier alpha value is -5.51. The Labute approximate surface area is 406 Å². The monoisotopic (exact) mass is 934 g/mol. The summed E-state index contributed by atoms with van der Waals surface area (Å²) in [7, 11) is 0. The van der Waals surface area contributed by atoms with Crippen molar-refractivity contribution < 1.29 is 43.9 Å². The summed E-state index contributed by atoms with van der Waals surface area (Å²) in [4.78, 5) is 40.6. The zero-order valence-electron chi connectivity index (χ0n) is 44.2. The number of hydrogen-bond acceptors (Lipinski definition) is 9. The fourth-order valence-corrected chi connectivity index (χ4v) is 8.33. The van der Waals surface area contributed by atoms with E-state index in [0.29, 0.717) is 50.3 Å². The van der Waals surface area contributed by atoms with Crippen molar-refractivity contribution in [2.75, 3.05) is 6.61 Å². The van der Waals surface area contributed by atoms with Crippen molar-refractivity contribution in [2.45, 2.75) is 196 Å². The summed E-state index contributed by atoms with van der Waals surface area (Å²) in [6, 6.07) is 14.9. The van der Waals surface area contributed by atoms with Crippen LogP contribution in [0.3, 0.4) is 0 Å². The Bertz CT molecular complexity index is 2440. The number of carbonyl (C=O) groups excluding carboxylic acids is 3. The van der Waals surface area contributed by atoms with Crippen LogP contribution in [0.5, 0.6) is 23.0 Å². The zero-order valence-corrected chi connectivity index (χ0v) is 44.2. The lowest BCUT2D eigenvalue weighted by atomic mass is 9.79. The third kappa shape index (κ3) is 13.6. The van der Waals surface area contributed by atoms with Gasteiger partial charge in [-0.25, -0.2) is 4.79 Å². The van der Waals surface area contributed by atoms with Crippen molar-refractivity contribution in [3.63, 3.8) is 0 Å². The van der Waals surface area contributed by atoms with Gasteiger partial charge in [-0.15, -0.1) is 0 Å². The lowest BCUT2D eigenvalue weighted by molar-refractivity contribution is -0.165. The van der Waals surface area contributed by atoms with Crippen LogP contribution in [0.4, 0.5) is 0 Å². The number of aromatic hydroxyl groups is 3. The van der Waals surface area contributed by atoms with Crippen LogP contribution in [0.15, 0.2) is 48.5 Å². The van der Waals surface area contributed by atoms with Gasteiger partial charge in [-0.1, -0.05) is 132 Å². The molecule has 1 atom stereocenters. The number of phenols is 3. The molecule has 0 saturated carbocycles. The lowest BCUT2D eigenvalue weighted by Gasteiger charge is -2.28. The van der Waals surface area contributed by atoms with Crippen LogP contribution in [0, 0.1) is 0 Å². The molecule has 8 bridgehead atoms. The molecule has 0 fully saturated rings. The number of ether oxygens (including phenoxy) is 3.